The summed E-state index contributed by atoms with van der Waals surface area (Å²) in [6, 6.07) is 6.22. The van der Waals surface area contributed by atoms with Crippen LogP contribution in [0, 0.1) is 13.8 Å². The van der Waals surface area contributed by atoms with Crippen LogP contribution in [-0.2, 0) is 4.79 Å². The standard InChI is InChI=1S/C14H22N2O/c1-10-7-11(2)9-13(8-10)16-14(17)6-4-5-12(3)15/h7-9,12H,4-6,15H2,1-3H3,(H,16,17). The number of amides is 1. The van der Waals surface area contributed by atoms with Crippen LogP contribution in [0.4, 0.5) is 5.69 Å². The molecule has 0 heterocycles. The highest BCUT2D eigenvalue weighted by molar-refractivity contribution is 5.90. The average Bonchev–Trinajstić information content (AvgIpc) is 2.14. The van der Waals surface area contributed by atoms with Crippen LogP contribution in [0.3, 0.4) is 0 Å². The molecule has 0 aliphatic heterocycles. The monoisotopic (exact) mass is 234 g/mol. The molecule has 3 nitrogen and oxygen atoms in total. The van der Waals surface area contributed by atoms with Crippen LogP contribution >= 0.6 is 0 Å². The summed E-state index contributed by atoms with van der Waals surface area (Å²) in [5.74, 6) is 0.0654. The SMILES string of the molecule is Cc1cc(C)cc(NC(=O)CCCC(C)N)c1. The molecule has 1 amide bonds. The normalized spacial score (nSPS) is 12.2. The summed E-state index contributed by atoms with van der Waals surface area (Å²) in [4.78, 5) is 11.7. The number of benzene rings is 1. The molecular weight excluding hydrogens is 212 g/mol. The van der Waals surface area contributed by atoms with Gasteiger partial charge in [0.1, 0.15) is 0 Å². The number of hydrogen-bond acceptors (Lipinski definition) is 2. The summed E-state index contributed by atoms with van der Waals surface area (Å²) in [5, 5.41) is 2.92. The fourth-order valence-electron chi connectivity index (χ4n) is 1.85. The molecule has 3 N–H and O–H groups in total. The second-order valence-electron chi connectivity index (χ2n) is 4.79. The van der Waals surface area contributed by atoms with Crippen molar-refractivity contribution in [1.29, 1.82) is 0 Å². The van der Waals surface area contributed by atoms with Gasteiger partial charge in [0.2, 0.25) is 5.91 Å². The van der Waals surface area contributed by atoms with Crippen molar-refractivity contribution < 1.29 is 4.79 Å². The fourth-order valence-corrected chi connectivity index (χ4v) is 1.85. The quantitative estimate of drug-likeness (QED) is 0.823. The Balaban J connectivity index is 2.45. The molecule has 1 aromatic rings. The molecule has 0 aromatic heterocycles. The van der Waals surface area contributed by atoms with E-state index < -0.39 is 0 Å². The van der Waals surface area contributed by atoms with E-state index in [4.69, 9.17) is 5.73 Å². The number of aryl methyl sites for hydroxylation is 2. The molecular formula is C14H22N2O. The van der Waals surface area contributed by atoms with Gasteiger partial charge < -0.3 is 11.1 Å². The highest BCUT2D eigenvalue weighted by Crippen LogP contribution is 2.14. The predicted octanol–water partition coefficient (Wildman–Crippen LogP) is 2.76. The molecule has 0 bridgehead atoms. The second-order valence-corrected chi connectivity index (χ2v) is 4.79. The molecule has 1 rings (SSSR count). The zero-order valence-electron chi connectivity index (χ0n) is 10.9. The maximum atomic E-state index is 11.7. The molecule has 17 heavy (non-hydrogen) atoms. The molecule has 0 fully saturated rings. The topological polar surface area (TPSA) is 55.1 Å². The molecule has 3 heteroatoms. The van der Waals surface area contributed by atoms with E-state index in [0.29, 0.717) is 6.42 Å². The van der Waals surface area contributed by atoms with Gasteiger partial charge in [0.15, 0.2) is 0 Å². The van der Waals surface area contributed by atoms with Crippen LogP contribution in [0.1, 0.15) is 37.3 Å². The van der Waals surface area contributed by atoms with Crippen molar-refractivity contribution >= 4 is 11.6 Å². The molecule has 1 atom stereocenters. The first-order valence-corrected chi connectivity index (χ1v) is 6.11. The van der Waals surface area contributed by atoms with E-state index in [1.165, 1.54) is 0 Å². The summed E-state index contributed by atoms with van der Waals surface area (Å²) in [6.45, 7) is 6.01. The molecule has 0 saturated heterocycles. The Morgan fingerprint density at radius 3 is 2.41 bits per heavy atom. The Hall–Kier alpha value is -1.35. The maximum Gasteiger partial charge on any atom is 0.224 e. The second kappa shape index (κ2) is 6.40. The van der Waals surface area contributed by atoms with E-state index in [1.54, 1.807) is 0 Å². The van der Waals surface area contributed by atoms with Gasteiger partial charge in [0.25, 0.3) is 0 Å². The third-order valence-corrected chi connectivity index (χ3v) is 2.57. The largest absolute Gasteiger partial charge is 0.328 e. The first-order chi connectivity index (χ1) is 7.97. The van der Waals surface area contributed by atoms with Gasteiger partial charge in [0, 0.05) is 18.2 Å². The van der Waals surface area contributed by atoms with Gasteiger partial charge in [-0.3, -0.25) is 4.79 Å². The van der Waals surface area contributed by atoms with Gasteiger partial charge in [-0.25, -0.2) is 0 Å². The molecule has 1 aromatic carbocycles. The predicted molar refractivity (Wildman–Crippen MR) is 72.0 cm³/mol. The van der Waals surface area contributed by atoms with Crippen LogP contribution in [0.2, 0.25) is 0 Å². The van der Waals surface area contributed by atoms with Crippen LogP contribution in [0.5, 0.6) is 0 Å². The first-order valence-electron chi connectivity index (χ1n) is 6.11. The first kappa shape index (κ1) is 13.7. The van der Waals surface area contributed by atoms with E-state index in [9.17, 15) is 4.79 Å². The Morgan fingerprint density at radius 1 is 1.29 bits per heavy atom. The van der Waals surface area contributed by atoms with Gasteiger partial charge in [-0.1, -0.05) is 6.07 Å². The van der Waals surface area contributed by atoms with Gasteiger partial charge >= 0.3 is 0 Å². The van der Waals surface area contributed by atoms with E-state index in [-0.39, 0.29) is 11.9 Å². The average molecular weight is 234 g/mol. The number of rotatable bonds is 5. The lowest BCUT2D eigenvalue weighted by Gasteiger charge is -2.08. The molecule has 0 aliphatic carbocycles. The molecule has 1 unspecified atom stereocenters. The number of nitrogens with two attached hydrogens (primary N) is 1. The smallest absolute Gasteiger partial charge is 0.224 e. The number of anilines is 1. The fraction of sp³-hybridized carbons (Fsp3) is 0.500. The minimum Gasteiger partial charge on any atom is -0.328 e. The van der Waals surface area contributed by atoms with Crippen molar-refractivity contribution in [2.75, 3.05) is 5.32 Å². The minimum atomic E-state index is 0.0654. The number of hydrogen-bond donors (Lipinski definition) is 2. The lowest BCUT2D eigenvalue weighted by Crippen LogP contribution is -2.16. The Bertz CT molecular complexity index is 366. The highest BCUT2D eigenvalue weighted by Gasteiger charge is 2.04. The van der Waals surface area contributed by atoms with Crippen LogP contribution in [0.15, 0.2) is 18.2 Å². The Labute approximate surface area is 103 Å². The van der Waals surface area contributed by atoms with E-state index >= 15 is 0 Å². The highest BCUT2D eigenvalue weighted by atomic mass is 16.1. The third-order valence-electron chi connectivity index (χ3n) is 2.57. The van der Waals surface area contributed by atoms with Crippen molar-refractivity contribution in [2.45, 2.75) is 46.1 Å². The Kier molecular flexibility index (Phi) is 5.16. The van der Waals surface area contributed by atoms with Crippen molar-refractivity contribution in [3.05, 3.63) is 29.3 Å². The van der Waals surface area contributed by atoms with Gasteiger partial charge in [-0.05, 0) is 56.9 Å². The summed E-state index contributed by atoms with van der Waals surface area (Å²) in [5.41, 5.74) is 8.85. The lowest BCUT2D eigenvalue weighted by molar-refractivity contribution is -0.116. The molecule has 0 radical (unpaired) electrons. The zero-order valence-corrected chi connectivity index (χ0v) is 10.9. The third kappa shape index (κ3) is 5.50. The maximum absolute atomic E-state index is 11.7. The summed E-state index contributed by atoms with van der Waals surface area (Å²) in [7, 11) is 0. The van der Waals surface area contributed by atoms with E-state index in [1.807, 2.05) is 32.9 Å². The van der Waals surface area contributed by atoms with Gasteiger partial charge in [-0.2, -0.15) is 0 Å². The van der Waals surface area contributed by atoms with Crippen molar-refractivity contribution in [2.24, 2.45) is 5.73 Å². The molecule has 0 saturated carbocycles. The minimum absolute atomic E-state index is 0.0654. The summed E-state index contributed by atoms with van der Waals surface area (Å²) >= 11 is 0. The van der Waals surface area contributed by atoms with E-state index in [2.05, 4.69) is 11.4 Å². The van der Waals surface area contributed by atoms with Crippen molar-refractivity contribution in [3.8, 4) is 0 Å². The molecule has 94 valence electrons. The zero-order chi connectivity index (χ0) is 12.8. The van der Waals surface area contributed by atoms with Crippen LogP contribution < -0.4 is 11.1 Å². The summed E-state index contributed by atoms with van der Waals surface area (Å²) < 4.78 is 0. The van der Waals surface area contributed by atoms with E-state index in [0.717, 1.165) is 29.7 Å². The number of nitrogens with one attached hydrogen (secondary N) is 1. The van der Waals surface area contributed by atoms with Crippen molar-refractivity contribution in [1.82, 2.24) is 0 Å². The number of carbonyl (C=O) groups is 1. The van der Waals surface area contributed by atoms with Crippen molar-refractivity contribution in [3.63, 3.8) is 0 Å². The lowest BCUT2D eigenvalue weighted by atomic mass is 10.1. The van der Waals surface area contributed by atoms with Gasteiger partial charge in [0.05, 0.1) is 0 Å². The Morgan fingerprint density at radius 2 is 1.88 bits per heavy atom. The molecule has 0 spiro atoms. The summed E-state index contributed by atoms with van der Waals surface area (Å²) in [6.07, 6.45) is 2.27. The van der Waals surface area contributed by atoms with Gasteiger partial charge in [-0.15, -0.1) is 0 Å². The molecule has 0 aliphatic rings. The number of carbonyl (C=O) groups excluding carboxylic acids is 1. The van der Waals surface area contributed by atoms with Crippen LogP contribution in [-0.4, -0.2) is 11.9 Å². The van der Waals surface area contributed by atoms with Crippen LogP contribution in [0.25, 0.3) is 0 Å².